The zero-order valence-electron chi connectivity index (χ0n) is 9.04. The molecule has 0 spiro atoms. The second-order valence-electron chi connectivity index (χ2n) is 4.60. The highest BCUT2D eigenvalue weighted by Crippen LogP contribution is 2.48. The molecule has 2 heteroatoms. The van der Waals surface area contributed by atoms with Gasteiger partial charge in [-0.3, -0.25) is 0 Å². The molecule has 0 heterocycles. The Morgan fingerprint density at radius 2 is 2.33 bits per heavy atom. The first-order valence-electron chi connectivity index (χ1n) is 5.61. The average Bonchev–Trinajstić information content (AvgIpc) is 2.76. The first-order valence-corrected chi connectivity index (χ1v) is 6.40. The minimum atomic E-state index is -0.406. The Hall–Kier alpha value is -0.340. The van der Waals surface area contributed by atoms with Gasteiger partial charge >= 0.3 is 0 Å². The van der Waals surface area contributed by atoms with Crippen LogP contribution in [0.2, 0.25) is 0 Å². The average molecular weight is 269 g/mol. The van der Waals surface area contributed by atoms with E-state index in [2.05, 4.69) is 35.0 Å². The molecule has 1 aromatic carbocycles. The van der Waals surface area contributed by atoms with Crippen LogP contribution < -0.4 is 0 Å². The molecule has 1 saturated carbocycles. The third-order valence-electron chi connectivity index (χ3n) is 3.24. The Balaban J connectivity index is 1.98. The van der Waals surface area contributed by atoms with Crippen LogP contribution in [-0.4, -0.2) is 10.7 Å². The van der Waals surface area contributed by atoms with E-state index in [1.54, 1.807) is 0 Å². The fourth-order valence-corrected chi connectivity index (χ4v) is 2.75. The number of halogens is 1. The smallest absolute Gasteiger partial charge is 0.0720 e. The van der Waals surface area contributed by atoms with Crippen molar-refractivity contribution < 1.29 is 5.11 Å². The van der Waals surface area contributed by atoms with Crippen LogP contribution in [0.1, 0.15) is 31.7 Å². The molecule has 0 aliphatic heterocycles. The van der Waals surface area contributed by atoms with Crippen LogP contribution in [0.25, 0.3) is 0 Å². The summed E-state index contributed by atoms with van der Waals surface area (Å²) >= 11 is 3.45. The summed E-state index contributed by atoms with van der Waals surface area (Å²) in [6.07, 6.45) is 4.11. The van der Waals surface area contributed by atoms with Gasteiger partial charge in [-0.2, -0.15) is 0 Å². The third-order valence-corrected chi connectivity index (χ3v) is 3.73. The molecule has 1 nitrogen and oxygen atoms in total. The summed E-state index contributed by atoms with van der Waals surface area (Å²) in [4.78, 5) is 0. The summed E-state index contributed by atoms with van der Waals surface area (Å²) in [6, 6.07) is 8.23. The summed E-state index contributed by atoms with van der Waals surface area (Å²) in [5.41, 5.74) is 0.821. The Morgan fingerprint density at radius 3 is 3.00 bits per heavy atom. The van der Waals surface area contributed by atoms with Crippen LogP contribution in [0.3, 0.4) is 0 Å². The minimum Gasteiger partial charge on any atom is -0.389 e. The lowest BCUT2D eigenvalue weighted by atomic mass is 10.0. The predicted molar refractivity (Wildman–Crippen MR) is 65.8 cm³/mol. The first kappa shape index (κ1) is 11.2. The zero-order chi connectivity index (χ0) is 10.9. The third kappa shape index (κ3) is 2.61. The molecular weight excluding hydrogens is 252 g/mol. The molecule has 1 aliphatic carbocycles. The van der Waals surface area contributed by atoms with Gasteiger partial charge in [0.25, 0.3) is 0 Å². The highest BCUT2D eigenvalue weighted by molar-refractivity contribution is 9.10. The van der Waals surface area contributed by atoms with E-state index in [1.165, 1.54) is 12.0 Å². The van der Waals surface area contributed by atoms with E-state index in [9.17, 15) is 5.11 Å². The van der Waals surface area contributed by atoms with Crippen molar-refractivity contribution in [2.24, 2.45) is 5.92 Å². The van der Waals surface area contributed by atoms with Crippen molar-refractivity contribution in [3.8, 4) is 0 Å². The van der Waals surface area contributed by atoms with Gasteiger partial charge in [-0.05, 0) is 36.5 Å². The molecule has 15 heavy (non-hydrogen) atoms. The van der Waals surface area contributed by atoms with E-state index in [4.69, 9.17) is 0 Å². The molecule has 0 aromatic heterocycles. The van der Waals surface area contributed by atoms with E-state index in [1.807, 2.05) is 12.1 Å². The van der Waals surface area contributed by atoms with Crippen molar-refractivity contribution >= 4 is 15.9 Å². The lowest BCUT2D eigenvalue weighted by Gasteiger charge is -2.10. The van der Waals surface area contributed by atoms with E-state index in [-0.39, 0.29) is 0 Å². The Kier molecular flexibility index (Phi) is 3.17. The van der Waals surface area contributed by atoms with Crippen LogP contribution in [0, 0.1) is 5.92 Å². The molecule has 1 aliphatic rings. The molecule has 0 bridgehead atoms. The van der Waals surface area contributed by atoms with Crippen molar-refractivity contribution in [2.45, 2.75) is 38.2 Å². The second-order valence-corrected chi connectivity index (χ2v) is 5.52. The molecule has 2 atom stereocenters. The van der Waals surface area contributed by atoms with Crippen LogP contribution in [0.15, 0.2) is 28.7 Å². The van der Waals surface area contributed by atoms with Crippen molar-refractivity contribution in [1.82, 2.24) is 0 Å². The summed E-state index contributed by atoms with van der Waals surface area (Å²) in [5, 5.41) is 10.2. The normalized spacial score (nSPS) is 29.1. The molecule has 0 radical (unpaired) electrons. The molecule has 82 valence electrons. The Bertz CT molecular complexity index is 350. The topological polar surface area (TPSA) is 20.2 Å². The van der Waals surface area contributed by atoms with Gasteiger partial charge in [0.05, 0.1) is 5.60 Å². The zero-order valence-corrected chi connectivity index (χ0v) is 10.6. The number of hydrogen-bond donors (Lipinski definition) is 1. The van der Waals surface area contributed by atoms with Gasteiger partial charge in [-0.25, -0.2) is 0 Å². The SMILES string of the molecule is CCCC1CC1(O)Cc1cccc(Br)c1. The molecular formula is C13H17BrO. The predicted octanol–water partition coefficient (Wildman–Crippen LogP) is 3.54. The number of rotatable bonds is 4. The van der Waals surface area contributed by atoms with Gasteiger partial charge in [0.15, 0.2) is 0 Å². The summed E-state index contributed by atoms with van der Waals surface area (Å²) < 4.78 is 1.09. The molecule has 1 aromatic rings. The maximum absolute atomic E-state index is 10.2. The number of aliphatic hydroxyl groups is 1. The second kappa shape index (κ2) is 4.26. The molecule has 2 unspecified atom stereocenters. The first-order chi connectivity index (χ1) is 7.14. The maximum atomic E-state index is 10.2. The van der Waals surface area contributed by atoms with Gasteiger partial charge in [-0.1, -0.05) is 41.4 Å². The molecule has 1 fully saturated rings. The fourth-order valence-electron chi connectivity index (χ4n) is 2.30. The summed E-state index contributed by atoms with van der Waals surface area (Å²) in [6.45, 7) is 2.18. The molecule has 1 N–H and O–H groups in total. The highest BCUT2D eigenvalue weighted by Gasteiger charge is 2.51. The van der Waals surface area contributed by atoms with Crippen LogP contribution in [0.5, 0.6) is 0 Å². The van der Waals surface area contributed by atoms with Crippen molar-refractivity contribution in [2.75, 3.05) is 0 Å². The van der Waals surface area contributed by atoms with Gasteiger partial charge in [0.1, 0.15) is 0 Å². The lowest BCUT2D eigenvalue weighted by Crippen LogP contribution is -2.14. The summed E-state index contributed by atoms with van der Waals surface area (Å²) in [7, 11) is 0. The lowest BCUT2D eigenvalue weighted by molar-refractivity contribution is 0.129. The maximum Gasteiger partial charge on any atom is 0.0720 e. The molecule has 0 saturated heterocycles. The highest BCUT2D eigenvalue weighted by atomic mass is 79.9. The fraction of sp³-hybridized carbons (Fsp3) is 0.538. The molecule has 2 rings (SSSR count). The number of hydrogen-bond acceptors (Lipinski definition) is 1. The Labute approximate surface area is 99.6 Å². The largest absolute Gasteiger partial charge is 0.389 e. The van der Waals surface area contributed by atoms with Crippen LogP contribution in [-0.2, 0) is 6.42 Å². The van der Waals surface area contributed by atoms with Gasteiger partial charge in [-0.15, -0.1) is 0 Å². The van der Waals surface area contributed by atoms with Crippen LogP contribution in [0.4, 0.5) is 0 Å². The van der Waals surface area contributed by atoms with E-state index in [0.717, 1.165) is 23.7 Å². The van der Waals surface area contributed by atoms with Crippen molar-refractivity contribution in [3.63, 3.8) is 0 Å². The van der Waals surface area contributed by atoms with Gasteiger partial charge in [0, 0.05) is 10.9 Å². The van der Waals surface area contributed by atoms with Gasteiger partial charge in [0.2, 0.25) is 0 Å². The Morgan fingerprint density at radius 1 is 1.53 bits per heavy atom. The summed E-state index contributed by atoms with van der Waals surface area (Å²) in [5.74, 6) is 0.529. The monoisotopic (exact) mass is 268 g/mol. The van der Waals surface area contributed by atoms with Crippen molar-refractivity contribution in [3.05, 3.63) is 34.3 Å². The van der Waals surface area contributed by atoms with Crippen molar-refractivity contribution in [1.29, 1.82) is 0 Å². The van der Waals surface area contributed by atoms with E-state index in [0.29, 0.717) is 5.92 Å². The standard InChI is InChI=1S/C13H17BrO/c1-2-4-11-9-13(11,15)8-10-5-3-6-12(14)7-10/h3,5-7,11,15H,2,4,8-9H2,1H3. The quantitative estimate of drug-likeness (QED) is 0.886. The number of benzene rings is 1. The van der Waals surface area contributed by atoms with E-state index >= 15 is 0 Å². The van der Waals surface area contributed by atoms with E-state index < -0.39 is 5.60 Å². The van der Waals surface area contributed by atoms with Gasteiger partial charge < -0.3 is 5.11 Å². The van der Waals surface area contributed by atoms with Crippen LogP contribution >= 0.6 is 15.9 Å². The minimum absolute atomic E-state index is 0.406. The molecule has 0 amide bonds.